The van der Waals surface area contributed by atoms with E-state index < -0.39 is 16.0 Å². The molecule has 3 aromatic rings. The van der Waals surface area contributed by atoms with Crippen molar-refractivity contribution in [2.75, 3.05) is 24.2 Å². The second-order valence-corrected chi connectivity index (χ2v) is 8.66. The molecule has 0 aliphatic carbocycles. The van der Waals surface area contributed by atoms with E-state index in [0.29, 0.717) is 41.4 Å². The van der Waals surface area contributed by atoms with Crippen LogP contribution in [0.2, 0.25) is 0 Å². The lowest BCUT2D eigenvalue weighted by Gasteiger charge is -2.16. The number of carbonyl (C=O) groups is 1. The van der Waals surface area contributed by atoms with E-state index >= 15 is 0 Å². The van der Waals surface area contributed by atoms with Gasteiger partial charge >= 0.3 is 5.97 Å². The number of esters is 1. The highest BCUT2D eigenvalue weighted by Crippen LogP contribution is 2.31. The summed E-state index contributed by atoms with van der Waals surface area (Å²) in [5.41, 5.74) is 2.42. The number of anilines is 1. The summed E-state index contributed by atoms with van der Waals surface area (Å²) in [6.45, 7) is 0.185. The highest BCUT2D eigenvalue weighted by molar-refractivity contribution is 7.92. The number of carbonyl (C=O) groups excluding carboxylic acids is 1. The number of ether oxygens (including phenoxy) is 2. The zero-order valence-electron chi connectivity index (χ0n) is 16.4. The van der Waals surface area contributed by atoms with E-state index in [1.807, 2.05) is 12.1 Å². The second kappa shape index (κ2) is 7.79. The van der Waals surface area contributed by atoms with Gasteiger partial charge in [-0.3, -0.25) is 4.31 Å². The van der Waals surface area contributed by atoms with Crippen LogP contribution in [0.4, 0.5) is 5.69 Å². The molecule has 2 heterocycles. The highest BCUT2D eigenvalue weighted by Gasteiger charge is 2.27. The van der Waals surface area contributed by atoms with Crippen LogP contribution in [0.5, 0.6) is 5.75 Å². The molecule has 156 valence electrons. The Morgan fingerprint density at radius 3 is 2.83 bits per heavy atom. The van der Waals surface area contributed by atoms with E-state index in [2.05, 4.69) is 10.1 Å². The summed E-state index contributed by atoms with van der Waals surface area (Å²) in [4.78, 5) is 16.6. The predicted molar refractivity (Wildman–Crippen MR) is 108 cm³/mol. The lowest BCUT2D eigenvalue weighted by atomic mass is 10.1. The average Bonchev–Trinajstić information content (AvgIpc) is 3.38. The van der Waals surface area contributed by atoms with Gasteiger partial charge in [0, 0.05) is 12.1 Å². The van der Waals surface area contributed by atoms with Crippen molar-refractivity contribution in [2.24, 2.45) is 0 Å². The highest BCUT2D eigenvalue weighted by atomic mass is 32.2. The number of hydrogen-bond donors (Lipinski definition) is 0. The number of methoxy groups -OCH3 is 1. The number of sulfonamides is 1. The van der Waals surface area contributed by atoms with Gasteiger partial charge in [0.15, 0.2) is 6.61 Å². The Kier molecular flexibility index (Phi) is 5.17. The first-order chi connectivity index (χ1) is 14.3. The fourth-order valence-corrected chi connectivity index (χ4v) is 4.20. The van der Waals surface area contributed by atoms with Crippen LogP contribution in [-0.2, 0) is 27.8 Å². The molecule has 0 bridgehead atoms. The van der Waals surface area contributed by atoms with Crippen LogP contribution in [0, 0.1) is 0 Å². The van der Waals surface area contributed by atoms with E-state index in [9.17, 15) is 13.2 Å². The number of nitrogens with zero attached hydrogens (tertiary/aromatic N) is 3. The van der Waals surface area contributed by atoms with Crippen molar-refractivity contribution in [2.45, 2.75) is 13.0 Å². The molecule has 0 amide bonds. The minimum Gasteiger partial charge on any atom is -0.497 e. The third kappa shape index (κ3) is 3.99. The van der Waals surface area contributed by atoms with Crippen LogP contribution in [0.3, 0.4) is 0 Å². The van der Waals surface area contributed by atoms with Crippen LogP contribution in [0.25, 0.3) is 11.4 Å². The van der Waals surface area contributed by atoms with Gasteiger partial charge in [0.1, 0.15) is 5.75 Å². The smallest absolute Gasteiger partial charge is 0.338 e. The Morgan fingerprint density at radius 2 is 2.07 bits per heavy atom. The number of aromatic nitrogens is 2. The fourth-order valence-electron chi connectivity index (χ4n) is 3.25. The summed E-state index contributed by atoms with van der Waals surface area (Å²) in [6, 6.07) is 12.0. The molecular weight excluding hydrogens is 410 g/mol. The molecule has 0 fully saturated rings. The van der Waals surface area contributed by atoms with Crippen LogP contribution in [-0.4, -0.2) is 44.4 Å². The summed E-state index contributed by atoms with van der Waals surface area (Å²) in [6.07, 6.45) is 1.70. The molecule has 0 saturated carbocycles. The first-order valence-corrected chi connectivity index (χ1v) is 10.9. The molecule has 0 N–H and O–H groups in total. The standard InChI is InChI=1S/C20H19N3O6S/c1-27-16-5-3-4-14(11-16)19-21-18(29-22-19)12-28-20(24)15-6-7-17-13(10-15)8-9-23(17)30(2,25)26/h3-7,10-11H,8-9,12H2,1-2H3. The zero-order valence-corrected chi connectivity index (χ0v) is 17.2. The number of benzene rings is 2. The Balaban J connectivity index is 1.43. The van der Waals surface area contributed by atoms with Gasteiger partial charge in [-0.1, -0.05) is 17.3 Å². The van der Waals surface area contributed by atoms with Crippen molar-refractivity contribution >= 4 is 21.7 Å². The molecule has 0 saturated heterocycles. The van der Waals surface area contributed by atoms with E-state index in [4.69, 9.17) is 14.0 Å². The molecule has 4 rings (SSSR count). The molecule has 2 aromatic carbocycles. The van der Waals surface area contributed by atoms with Gasteiger partial charge in [-0.15, -0.1) is 0 Å². The van der Waals surface area contributed by atoms with Crippen LogP contribution in [0.15, 0.2) is 47.0 Å². The molecule has 10 heteroatoms. The third-order valence-corrected chi connectivity index (χ3v) is 5.87. The first-order valence-electron chi connectivity index (χ1n) is 9.10. The molecule has 0 unspecified atom stereocenters. The monoisotopic (exact) mass is 429 g/mol. The van der Waals surface area contributed by atoms with Crippen molar-refractivity contribution in [3.8, 4) is 17.1 Å². The largest absolute Gasteiger partial charge is 0.497 e. The van der Waals surface area contributed by atoms with Gasteiger partial charge in [0.05, 0.1) is 24.6 Å². The van der Waals surface area contributed by atoms with Crippen molar-refractivity contribution in [1.82, 2.24) is 10.1 Å². The minimum atomic E-state index is -3.34. The van der Waals surface area contributed by atoms with Gasteiger partial charge < -0.3 is 14.0 Å². The van der Waals surface area contributed by atoms with Crippen LogP contribution < -0.4 is 9.04 Å². The number of fused-ring (bicyclic) bond motifs is 1. The summed E-state index contributed by atoms with van der Waals surface area (Å²) in [5.74, 6) is 0.622. The Morgan fingerprint density at radius 1 is 1.23 bits per heavy atom. The Bertz CT molecular complexity index is 1200. The van der Waals surface area contributed by atoms with Crippen molar-refractivity contribution in [1.29, 1.82) is 0 Å². The summed E-state index contributed by atoms with van der Waals surface area (Å²) in [5, 5.41) is 3.90. The number of rotatable bonds is 6. The van der Waals surface area contributed by atoms with Gasteiger partial charge in [0.25, 0.3) is 5.89 Å². The molecule has 0 atom stereocenters. The van der Waals surface area contributed by atoms with Crippen molar-refractivity contribution in [3.05, 3.63) is 59.5 Å². The summed E-state index contributed by atoms with van der Waals surface area (Å²) >= 11 is 0. The van der Waals surface area contributed by atoms with E-state index in [0.717, 1.165) is 11.8 Å². The van der Waals surface area contributed by atoms with E-state index in [1.54, 1.807) is 37.4 Å². The Hall–Kier alpha value is -3.40. The lowest BCUT2D eigenvalue weighted by Crippen LogP contribution is -2.27. The Labute approximate surface area is 173 Å². The topological polar surface area (TPSA) is 112 Å². The molecule has 0 spiro atoms. The van der Waals surface area contributed by atoms with Gasteiger partial charge in [-0.2, -0.15) is 4.98 Å². The van der Waals surface area contributed by atoms with E-state index in [1.165, 1.54) is 4.31 Å². The molecule has 0 radical (unpaired) electrons. The second-order valence-electron chi connectivity index (χ2n) is 6.75. The number of hydrogen-bond acceptors (Lipinski definition) is 8. The van der Waals surface area contributed by atoms with E-state index in [-0.39, 0.29) is 12.5 Å². The first kappa shape index (κ1) is 19.9. The van der Waals surface area contributed by atoms with Gasteiger partial charge in [-0.05, 0) is 42.3 Å². The quantitative estimate of drug-likeness (QED) is 0.549. The maximum atomic E-state index is 12.4. The van der Waals surface area contributed by atoms with Crippen molar-refractivity contribution < 1.29 is 27.2 Å². The zero-order chi connectivity index (χ0) is 21.3. The van der Waals surface area contributed by atoms with Gasteiger partial charge in [0.2, 0.25) is 15.8 Å². The molecule has 1 aliphatic rings. The van der Waals surface area contributed by atoms with Crippen LogP contribution >= 0.6 is 0 Å². The van der Waals surface area contributed by atoms with Crippen molar-refractivity contribution in [3.63, 3.8) is 0 Å². The normalized spacial score (nSPS) is 13.2. The summed E-state index contributed by atoms with van der Waals surface area (Å²) in [7, 11) is -1.77. The average molecular weight is 429 g/mol. The molecule has 9 nitrogen and oxygen atoms in total. The van der Waals surface area contributed by atoms with Crippen LogP contribution in [0.1, 0.15) is 21.8 Å². The minimum absolute atomic E-state index is 0.158. The maximum Gasteiger partial charge on any atom is 0.338 e. The van der Waals surface area contributed by atoms with Gasteiger partial charge in [-0.25, -0.2) is 13.2 Å². The maximum absolute atomic E-state index is 12.4. The molecule has 1 aliphatic heterocycles. The lowest BCUT2D eigenvalue weighted by molar-refractivity contribution is 0.0429. The summed E-state index contributed by atoms with van der Waals surface area (Å²) < 4.78 is 40.6. The molecule has 30 heavy (non-hydrogen) atoms. The molecular formula is C20H19N3O6S. The SMILES string of the molecule is COc1cccc(-c2noc(COC(=O)c3ccc4c(c3)CCN4S(C)(=O)=O)n2)c1. The third-order valence-electron chi connectivity index (χ3n) is 4.69. The predicted octanol–water partition coefficient (Wildman–Crippen LogP) is 2.42. The fraction of sp³-hybridized carbons (Fsp3) is 0.250. The molecule has 1 aromatic heterocycles.